The van der Waals surface area contributed by atoms with Crippen molar-refractivity contribution in [2.24, 2.45) is 0 Å². The number of aryl methyl sites for hydroxylation is 3. The molecule has 0 aliphatic heterocycles. The molecule has 1 amide bonds. The van der Waals surface area contributed by atoms with E-state index in [0.717, 1.165) is 33.1 Å². The van der Waals surface area contributed by atoms with Crippen molar-refractivity contribution in [3.8, 4) is 0 Å². The van der Waals surface area contributed by atoms with Gasteiger partial charge in [0.05, 0.1) is 5.52 Å². The Morgan fingerprint density at radius 3 is 2.50 bits per heavy atom. The molecule has 0 saturated heterocycles. The van der Waals surface area contributed by atoms with E-state index in [2.05, 4.69) is 18.0 Å². The molecule has 4 aromatic rings. The lowest BCUT2D eigenvalue weighted by Crippen LogP contribution is -2.25. The van der Waals surface area contributed by atoms with Crippen molar-refractivity contribution < 1.29 is 9.21 Å². The first-order chi connectivity index (χ1) is 12.4. The van der Waals surface area contributed by atoms with Gasteiger partial charge >= 0.3 is 0 Å². The van der Waals surface area contributed by atoms with Gasteiger partial charge in [0.15, 0.2) is 5.76 Å². The molecule has 0 bridgehead atoms. The Kier molecular flexibility index (Phi) is 3.76. The van der Waals surface area contributed by atoms with Crippen molar-refractivity contribution in [1.29, 1.82) is 0 Å². The van der Waals surface area contributed by atoms with Crippen LogP contribution in [0.2, 0.25) is 0 Å². The molecule has 4 nitrogen and oxygen atoms in total. The zero-order chi connectivity index (χ0) is 18.4. The molecule has 0 aliphatic carbocycles. The van der Waals surface area contributed by atoms with Gasteiger partial charge in [0.25, 0.3) is 5.91 Å². The number of amides is 1. The van der Waals surface area contributed by atoms with Crippen LogP contribution in [0.25, 0.3) is 22.0 Å². The normalized spacial score (nSPS) is 11.2. The summed E-state index contributed by atoms with van der Waals surface area (Å²) in [5.41, 5.74) is 5.68. The van der Waals surface area contributed by atoms with Gasteiger partial charge in [0.1, 0.15) is 0 Å². The van der Waals surface area contributed by atoms with E-state index in [0.29, 0.717) is 11.5 Å². The van der Waals surface area contributed by atoms with Gasteiger partial charge in [-0.3, -0.25) is 4.79 Å². The summed E-state index contributed by atoms with van der Waals surface area (Å²) in [7, 11) is 1.76. The van der Waals surface area contributed by atoms with Gasteiger partial charge in [-0.05, 0) is 67.8 Å². The average molecular weight is 344 g/mol. The van der Waals surface area contributed by atoms with Gasteiger partial charge in [-0.15, -0.1) is 0 Å². The molecule has 0 unspecified atom stereocenters. The zero-order valence-corrected chi connectivity index (χ0v) is 15.3. The van der Waals surface area contributed by atoms with Crippen LogP contribution >= 0.6 is 0 Å². The molecule has 0 aliphatic rings. The molecule has 0 fully saturated rings. The molecular weight excluding hydrogens is 324 g/mol. The van der Waals surface area contributed by atoms with Crippen molar-refractivity contribution >= 4 is 33.6 Å². The number of hydrogen-bond donors (Lipinski definition) is 0. The number of benzene rings is 2. The summed E-state index contributed by atoms with van der Waals surface area (Å²) in [5.74, 6) is 0.103. The third kappa shape index (κ3) is 2.73. The number of furan rings is 1. The highest BCUT2D eigenvalue weighted by molar-refractivity contribution is 6.06. The Bertz CT molecular complexity index is 1160. The minimum atomic E-state index is -0.188. The maximum absolute atomic E-state index is 12.9. The second-order valence-electron chi connectivity index (χ2n) is 6.82. The predicted molar refractivity (Wildman–Crippen MR) is 105 cm³/mol. The topological polar surface area (TPSA) is 46.3 Å². The largest absolute Gasteiger partial charge is 0.433 e. The third-order valence-electron chi connectivity index (χ3n) is 4.85. The predicted octanol–water partition coefficient (Wildman–Crippen LogP) is 5.18. The number of fused-ring (bicyclic) bond motifs is 2. The fourth-order valence-electron chi connectivity index (χ4n) is 3.06. The zero-order valence-electron chi connectivity index (χ0n) is 15.3. The summed E-state index contributed by atoms with van der Waals surface area (Å²) in [4.78, 5) is 19.0. The average Bonchev–Trinajstić information content (AvgIpc) is 3.03. The monoisotopic (exact) mass is 344 g/mol. The third-order valence-corrected chi connectivity index (χ3v) is 4.85. The summed E-state index contributed by atoms with van der Waals surface area (Å²) in [6, 6.07) is 15.8. The molecule has 2 heterocycles. The van der Waals surface area contributed by atoms with Gasteiger partial charge in [0, 0.05) is 23.5 Å². The molecule has 4 rings (SSSR count). The van der Waals surface area contributed by atoms with Crippen molar-refractivity contribution in [2.45, 2.75) is 20.8 Å². The lowest BCUT2D eigenvalue weighted by molar-refractivity contribution is 0.0968. The van der Waals surface area contributed by atoms with Gasteiger partial charge in [0.2, 0.25) is 5.71 Å². The van der Waals surface area contributed by atoms with E-state index in [9.17, 15) is 4.79 Å². The van der Waals surface area contributed by atoms with Crippen molar-refractivity contribution in [2.75, 3.05) is 11.9 Å². The van der Waals surface area contributed by atoms with E-state index >= 15 is 0 Å². The second-order valence-corrected chi connectivity index (χ2v) is 6.82. The molecule has 4 heteroatoms. The molecule has 2 aromatic heterocycles. The highest BCUT2D eigenvalue weighted by Gasteiger charge is 2.19. The van der Waals surface area contributed by atoms with E-state index in [1.165, 1.54) is 5.56 Å². The molecule has 0 radical (unpaired) electrons. The summed E-state index contributed by atoms with van der Waals surface area (Å²) in [6.07, 6.45) is 0. The number of anilines is 1. The molecule has 0 saturated carbocycles. The molecule has 26 heavy (non-hydrogen) atoms. The maximum Gasteiger partial charge on any atom is 0.293 e. The van der Waals surface area contributed by atoms with Gasteiger partial charge in [-0.2, -0.15) is 0 Å². The quantitative estimate of drug-likeness (QED) is 0.503. The van der Waals surface area contributed by atoms with Crippen molar-refractivity contribution in [3.63, 3.8) is 0 Å². The van der Waals surface area contributed by atoms with Gasteiger partial charge in [-0.1, -0.05) is 18.2 Å². The van der Waals surface area contributed by atoms with Crippen LogP contribution in [0.15, 0.2) is 52.9 Å². The molecule has 0 N–H and O–H groups in total. The van der Waals surface area contributed by atoms with Gasteiger partial charge in [-0.25, -0.2) is 4.98 Å². The first kappa shape index (κ1) is 16.3. The number of aromatic nitrogens is 1. The number of carbonyl (C=O) groups excluding carboxylic acids is 1. The smallest absolute Gasteiger partial charge is 0.293 e. The van der Waals surface area contributed by atoms with Crippen molar-refractivity contribution in [3.05, 3.63) is 71.0 Å². The highest BCUT2D eigenvalue weighted by atomic mass is 16.4. The van der Waals surface area contributed by atoms with Crippen LogP contribution in [0.5, 0.6) is 0 Å². The fraction of sp³-hybridized carbons (Fsp3) is 0.182. The Hall–Kier alpha value is -3.14. The highest BCUT2D eigenvalue weighted by Crippen LogP contribution is 2.26. The van der Waals surface area contributed by atoms with E-state index in [4.69, 9.17) is 4.42 Å². The van der Waals surface area contributed by atoms with Crippen LogP contribution in [-0.4, -0.2) is 17.9 Å². The number of carbonyl (C=O) groups is 1. The van der Waals surface area contributed by atoms with Gasteiger partial charge < -0.3 is 9.32 Å². The Morgan fingerprint density at radius 2 is 1.73 bits per heavy atom. The summed E-state index contributed by atoms with van der Waals surface area (Å²) in [5, 5.41) is 1.86. The minimum absolute atomic E-state index is 0.188. The van der Waals surface area contributed by atoms with Crippen LogP contribution in [0.4, 0.5) is 5.69 Å². The van der Waals surface area contributed by atoms with Crippen LogP contribution in [-0.2, 0) is 0 Å². The standard InChI is InChI=1S/C22H20N2O2/c1-13-5-7-16-11-17-12-20(26-21(17)23-19(16)9-13)22(25)24(4)18-8-6-14(2)15(3)10-18/h5-12H,1-4H3. The van der Waals surface area contributed by atoms with Crippen molar-refractivity contribution in [1.82, 2.24) is 4.98 Å². The van der Waals surface area contributed by atoms with E-state index in [-0.39, 0.29) is 5.91 Å². The molecule has 0 atom stereocenters. The molecule has 0 spiro atoms. The number of hydrogen-bond acceptors (Lipinski definition) is 3. The van der Waals surface area contributed by atoms with Crippen LogP contribution in [0.1, 0.15) is 27.2 Å². The summed E-state index contributed by atoms with van der Waals surface area (Å²) in [6.45, 7) is 6.12. The minimum Gasteiger partial charge on any atom is -0.433 e. The first-order valence-electron chi connectivity index (χ1n) is 8.58. The lowest BCUT2D eigenvalue weighted by atomic mass is 10.1. The Labute approximate surface area is 152 Å². The fourth-order valence-corrected chi connectivity index (χ4v) is 3.06. The lowest BCUT2D eigenvalue weighted by Gasteiger charge is -2.17. The van der Waals surface area contributed by atoms with Crippen LogP contribution in [0, 0.1) is 20.8 Å². The Morgan fingerprint density at radius 1 is 0.923 bits per heavy atom. The molecule has 2 aromatic carbocycles. The first-order valence-corrected chi connectivity index (χ1v) is 8.58. The van der Waals surface area contributed by atoms with Crippen LogP contribution < -0.4 is 4.90 Å². The van der Waals surface area contributed by atoms with E-state index < -0.39 is 0 Å². The Balaban J connectivity index is 1.74. The number of nitrogens with zero attached hydrogens (tertiary/aromatic N) is 2. The molecule has 130 valence electrons. The SMILES string of the molecule is Cc1ccc2cc3cc(C(=O)N(C)c4ccc(C)c(C)c4)oc3nc2c1. The molecular formula is C22H20N2O2. The maximum atomic E-state index is 12.9. The second kappa shape index (κ2) is 5.99. The number of rotatable bonds is 2. The van der Waals surface area contributed by atoms with E-state index in [1.807, 2.05) is 50.2 Å². The van der Waals surface area contributed by atoms with Crippen LogP contribution in [0.3, 0.4) is 0 Å². The van der Waals surface area contributed by atoms with E-state index in [1.54, 1.807) is 18.0 Å². The number of pyridine rings is 1. The summed E-state index contributed by atoms with van der Waals surface area (Å²) >= 11 is 0. The summed E-state index contributed by atoms with van der Waals surface area (Å²) < 4.78 is 5.77.